The highest BCUT2D eigenvalue weighted by atomic mass is 16.8. The summed E-state index contributed by atoms with van der Waals surface area (Å²) in [5.74, 6) is -5.20. The normalized spacial score (nSPS) is 28.2. The molecule has 19 heteroatoms. The Morgan fingerprint density at radius 3 is 1.29 bits per heavy atom. The van der Waals surface area contributed by atoms with Gasteiger partial charge in [0, 0.05) is 48.5 Å². The Bertz CT molecular complexity index is 1440. The fourth-order valence-corrected chi connectivity index (χ4v) is 5.36. The molecule has 2 heterocycles. The molecule has 0 aromatic heterocycles. The molecule has 19 nitrogen and oxygen atoms in total. The van der Waals surface area contributed by atoms with Crippen LogP contribution in [0.1, 0.15) is 48.5 Å². The molecule has 0 spiro atoms. The lowest BCUT2D eigenvalue weighted by Crippen LogP contribution is -2.67. The van der Waals surface area contributed by atoms with Gasteiger partial charge in [-0.1, -0.05) is 0 Å². The molecule has 288 valence electrons. The summed E-state index contributed by atoms with van der Waals surface area (Å²) in [6.07, 6.45) is -15.7. The van der Waals surface area contributed by atoms with Crippen molar-refractivity contribution in [3.63, 3.8) is 0 Å². The van der Waals surface area contributed by atoms with Crippen LogP contribution in [0.5, 0.6) is 11.5 Å². The first-order valence-corrected chi connectivity index (χ1v) is 15.9. The third-order valence-corrected chi connectivity index (χ3v) is 7.20. The van der Waals surface area contributed by atoms with E-state index in [2.05, 4.69) is 0 Å². The summed E-state index contributed by atoms with van der Waals surface area (Å²) in [5.41, 5.74) is 0. The highest BCUT2D eigenvalue weighted by Crippen LogP contribution is 2.36. The van der Waals surface area contributed by atoms with Crippen molar-refractivity contribution in [2.75, 3.05) is 20.3 Å². The van der Waals surface area contributed by atoms with E-state index in [-0.39, 0.29) is 5.75 Å². The molecule has 0 aliphatic carbocycles. The summed E-state index contributed by atoms with van der Waals surface area (Å²) in [7, 11) is 1.46. The first-order valence-electron chi connectivity index (χ1n) is 15.9. The van der Waals surface area contributed by atoms with Crippen LogP contribution in [0.2, 0.25) is 0 Å². The van der Waals surface area contributed by atoms with E-state index in [1.54, 1.807) is 12.1 Å². The minimum atomic E-state index is -1.80. The fraction of sp³-hybridized carbons (Fsp3) is 0.606. The highest BCUT2D eigenvalue weighted by Gasteiger charge is 2.58. The van der Waals surface area contributed by atoms with Gasteiger partial charge in [-0.15, -0.1) is 0 Å². The van der Waals surface area contributed by atoms with E-state index in [4.69, 9.17) is 56.8 Å². The van der Waals surface area contributed by atoms with Crippen molar-refractivity contribution in [1.29, 1.82) is 0 Å². The molecule has 1 aromatic carbocycles. The largest absolute Gasteiger partial charge is 0.497 e. The lowest BCUT2D eigenvalue weighted by Gasteiger charge is -2.48. The Morgan fingerprint density at radius 1 is 0.481 bits per heavy atom. The predicted octanol–water partition coefficient (Wildman–Crippen LogP) is 0.694. The van der Waals surface area contributed by atoms with Gasteiger partial charge in [0.15, 0.2) is 30.7 Å². The van der Waals surface area contributed by atoms with E-state index in [0.717, 1.165) is 48.5 Å². The number of hydrogen-bond donors (Lipinski definition) is 0. The minimum absolute atomic E-state index is 0.203. The third kappa shape index (κ3) is 12.1. The molecule has 0 unspecified atom stereocenters. The minimum Gasteiger partial charge on any atom is -0.497 e. The lowest BCUT2D eigenvalue weighted by molar-refractivity contribution is -0.354. The highest BCUT2D eigenvalue weighted by molar-refractivity contribution is 5.69. The van der Waals surface area contributed by atoms with Gasteiger partial charge >= 0.3 is 41.8 Å². The standard InChI is InChI=1S/C33H42O19/c1-15(34)42-13-24-26(44-17(3)36)28(45-18(4)37)31(48-21(7)40)33(51-24)52-27-25(14-43-16(2)35)50-32(49-23-11-9-22(41-8)10-12-23)30(47-20(6)39)29(27)46-19(5)38/h9-12,24-33H,13-14H2,1-8H3/t24-,25-,26-,27-,28+,29+,30-,31-,32-,33+/m1/s1. The van der Waals surface area contributed by atoms with Crippen LogP contribution >= 0.6 is 0 Å². The summed E-state index contributed by atoms with van der Waals surface area (Å²) < 4.78 is 67.6. The molecule has 10 atom stereocenters. The van der Waals surface area contributed by atoms with Crippen LogP contribution in [0.4, 0.5) is 0 Å². The maximum Gasteiger partial charge on any atom is 0.303 e. The number of ether oxygens (including phenoxy) is 12. The topological polar surface area (TPSA) is 230 Å². The number of methoxy groups -OCH3 is 1. The van der Waals surface area contributed by atoms with Gasteiger partial charge in [0.2, 0.25) is 12.4 Å². The molecule has 0 saturated carbocycles. The first-order chi connectivity index (χ1) is 24.5. The smallest absolute Gasteiger partial charge is 0.303 e. The summed E-state index contributed by atoms with van der Waals surface area (Å²) in [6, 6.07) is 6.20. The third-order valence-electron chi connectivity index (χ3n) is 7.20. The molecule has 0 bridgehead atoms. The second-order valence-electron chi connectivity index (χ2n) is 11.5. The van der Waals surface area contributed by atoms with Crippen molar-refractivity contribution in [2.24, 2.45) is 0 Å². The van der Waals surface area contributed by atoms with Crippen molar-refractivity contribution in [1.82, 2.24) is 0 Å². The first kappa shape index (κ1) is 41.4. The molecule has 2 fully saturated rings. The molecule has 1 aromatic rings. The second kappa shape index (κ2) is 19.0. The molecule has 2 aliphatic rings. The van der Waals surface area contributed by atoms with E-state index in [1.807, 2.05) is 0 Å². The molecule has 0 amide bonds. The van der Waals surface area contributed by atoms with Crippen molar-refractivity contribution < 1.29 is 90.4 Å². The summed E-state index contributed by atoms with van der Waals surface area (Å²) in [4.78, 5) is 85.6. The molecule has 0 N–H and O–H groups in total. The van der Waals surface area contributed by atoms with Gasteiger partial charge in [0.05, 0.1) is 7.11 Å². The van der Waals surface area contributed by atoms with Gasteiger partial charge in [-0.3, -0.25) is 33.6 Å². The van der Waals surface area contributed by atoms with Crippen LogP contribution in [-0.2, 0) is 80.9 Å². The van der Waals surface area contributed by atoms with Gasteiger partial charge in [-0.25, -0.2) is 0 Å². The van der Waals surface area contributed by atoms with Crippen molar-refractivity contribution in [2.45, 2.75) is 110 Å². The molecule has 0 radical (unpaired) electrons. The van der Waals surface area contributed by atoms with Gasteiger partial charge in [0.25, 0.3) is 0 Å². The molecular formula is C33H42O19. The molecular weight excluding hydrogens is 700 g/mol. The van der Waals surface area contributed by atoms with E-state index < -0.39 is 116 Å². The Hall–Kier alpha value is -5.01. The average Bonchev–Trinajstić information content (AvgIpc) is 3.03. The molecule has 3 rings (SSSR count). The quantitative estimate of drug-likeness (QED) is 0.189. The summed E-state index contributed by atoms with van der Waals surface area (Å²) >= 11 is 0. The van der Waals surface area contributed by atoms with Crippen LogP contribution in [0.25, 0.3) is 0 Å². The number of hydrogen-bond acceptors (Lipinski definition) is 19. The van der Waals surface area contributed by atoms with Gasteiger partial charge in [0.1, 0.15) is 43.0 Å². The van der Waals surface area contributed by atoms with Crippen LogP contribution in [0, 0.1) is 0 Å². The number of carbonyl (C=O) groups excluding carboxylic acids is 7. The molecule has 2 aliphatic heterocycles. The second-order valence-corrected chi connectivity index (χ2v) is 11.5. The number of carbonyl (C=O) groups is 7. The van der Waals surface area contributed by atoms with Crippen molar-refractivity contribution >= 4 is 41.8 Å². The van der Waals surface area contributed by atoms with Crippen LogP contribution in [0.3, 0.4) is 0 Å². The fourth-order valence-electron chi connectivity index (χ4n) is 5.36. The zero-order valence-corrected chi connectivity index (χ0v) is 29.8. The van der Waals surface area contributed by atoms with Gasteiger partial charge in [-0.05, 0) is 24.3 Å². The van der Waals surface area contributed by atoms with E-state index in [9.17, 15) is 33.6 Å². The Morgan fingerprint density at radius 2 is 0.846 bits per heavy atom. The monoisotopic (exact) mass is 742 g/mol. The van der Waals surface area contributed by atoms with Crippen LogP contribution in [-0.4, -0.2) is 124 Å². The SMILES string of the molecule is COc1ccc(O[C@@H]2O[C@H](COC(C)=O)[C@@H](O[C@@H]3O[C@H](COC(C)=O)[C@@H](OC(C)=O)[C@H](OC(C)=O)[C@H]3OC(C)=O)[C@H](OC(C)=O)[C@H]2OC(C)=O)cc1. The Balaban J connectivity index is 2.16. The van der Waals surface area contributed by atoms with Gasteiger partial charge in [-0.2, -0.15) is 0 Å². The number of benzene rings is 1. The van der Waals surface area contributed by atoms with Gasteiger partial charge < -0.3 is 56.8 Å². The lowest BCUT2D eigenvalue weighted by atomic mass is 9.96. The zero-order valence-electron chi connectivity index (χ0n) is 29.8. The number of esters is 7. The summed E-state index contributed by atoms with van der Waals surface area (Å²) in [5, 5.41) is 0. The Labute approximate surface area is 298 Å². The van der Waals surface area contributed by atoms with Crippen LogP contribution < -0.4 is 9.47 Å². The van der Waals surface area contributed by atoms with Crippen molar-refractivity contribution in [3.05, 3.63) is 24.3 Å². The zero-order chi connectivity index (χ0) is 38.7. The maximum atomic E-state index is 12.6. The average molecular weight is 743 g/mol. The van der Waals surface area contributed by atoms with Crippen LogP contribution in [0.15, 0.2) is 24.3 Å². The van der Waals surface area contributed by atoms with E-state index in [1.165, 1.54) is 19.2 Å². The molecule has 52 heavy (non-hydrogen) atoms. The predicted molar refractivity (Wildman–Crippen MR) is 167 cm³/mol. The van der Waals surface area contributed by atoms with E-state index >= 15 is 0 Å². The van der Waals surface area contributed by atoms with Crippen molar-refractivity contribution in [3.8, 4) is 11.5 Å². The number of rotatable bonds is 14. The molecule has 2 saturated heterocycles. The summed E-state index contributed by atoms with van der Waals surface area (Å²) in [6.45, 7) is 6.35. The van der Waals surface area contributed by atoms with E-state index in [0.29, 0.717) is 5.75 Å². The Kier molecular flexibility index (Phi) is 15.1. The maximum absolute atomic E-state index is 12.6.